The van der Waals surface area contributed by atoms with Gasteiger partial charge in [0.2, 0.25) is 0 Å². The lowest BCUT2D eigenvalue weighted by molar-refractivity contribution is 0.0211. The Bertz CT molecular complexity index is 1140. The molecule has 33 heavy (non-hydrogen) atoms. The molecule has 1 saturated heterocycles. The van der Waals surface area contributed by atoms with Crippen LogP contribution in [0.5, 0.6) is 0 Å². The molecule has 3 aromatic heterocycles. The summed E-state index contributed by atoms with van der Waals surface area (Å²) in [6.45, 7) is 2.59. The van der Waals surface area contributed by atoms with Gasteiger partial charge in [0, 0.05) is 24.2 Å². The first-order valence-electron chi connectivity index (χ1n) is 11.2. The maximum absolute atomic E-state index is 9.16. The molecule has 5 rings (SSSR count). The van der Waals surface area contributed by atoms with Crippen LogP contribution < -0.4 is 10.6 Å². The van der Waals surface area contributed by atoms with Gasteiger partial charge in [-0.25, -0.2) is 9.97 Å². The van der Waals surface area contributed by atoms with Gasteiger partial charge in [0.05, 0.1) is 30.0 Å². The smallest absolute Gasteiger partial charge is 0.132 e. The largest absolute Gasteiger partial charge is 0.373 e. The zero-order valence-electron chi connectivity index (χ0n) is 18.3. The molecule has 0 aromatic carbocycles. The highest BCUT2D eigenvalue weighted by Gasteiger charge is 2.25. The van der Waals surface area contributed by atoms with E-state index in [9.17, 15) is 0 Å². The van der Waals surface area contributed by atoms with E-state index in [1.165, 1.54) is 18.4 Å². The number of pyridine rings is 3. The van der Waals surface area contributed by atoms with Crippen molar-refractivity contribution in [2.45, 2.75) is 44.3 Å². The molecular weight excluding hydrogens is 436 g/mol. The average molecular weight is 463 g/mol. The fraction of sp³-hybridized carbons (Fsp3) is 0.360. The van der Waals surface area contributed by atoms with E-state index in [0.717, 1.165) is 48.6 Å². The molecule has 0 radical (unpaired) electrons. The predicted octanol–water partition coefficient (Wildman–Crippen LogP) is 4.72. The van der Waals surface area contributed by atoms with Crippen LogP contribution in [0.3, 0.4) is 0 Å². The highest BCUT2D eigenvalue weighted by atomic mass is 35.5. The summed E-state index contributed by atoms with van der Waals surface area (Å²) < 4.78 is 6.11. The topological polar surface area (TPSA) is 95.8 Å². The number of nitrogens with zero attached hydrogens (tertiary/aromatic N) is 4. The third kappa shape index (κ3) is 6.05. The normalized spacial score (nSPS) is 16.0. The van der Waals surface area contributed by atoms with Crippen LogP contribution in [0.4, 0.5) is 11.6 Å². The van der Waals surface area contributed by atoms with Crippen molar-refractivity contribution >= 4 is 24.0 Å². The zero-order valence-corrected chi connectivity index (χ0v) is 19.1. The average Bonchev–Trinajstić information content (AvgIpc) is 3.69. The van der Waals surface area contributed by atoms with E-state index in [1.54, 1.807) is 18.3 Å². The van der Waals surface area contributed by atoms with Gasteiger partial charge in [-0.15, -0.1) is 12.4 Å². The predicted molar refractivity (Wildman–Crippen MR) is 130 cm³/mol. The van der Waals surface area contributed by atoms with Crippen molar-refractivity contribution in [1.82, 2.24) is 20.3 Å². The van der Waals surface area contributed by atoms with E-state index in [2.05, 4.69) is 44.9 Å². The van der Waals surface area contributed by atoms with Crippen molar-refractivity contribution in [3.8, 4) is 17.3 Å². The second-order valence-electron chi connectivity index (χ2n) is 8.45. The van der Waals surface area contributed by atoms with Gasteiger partial charge in [0.25, 0.3) is 0 Å². The maximum Gasteiger partial charge on any atom is 0.132 e. The van der Waals surface area contributed by atoms with Crippen LogP contribution in [0.2, 0.25) is 0 Å². The highest BCUT2D eigenvalue weighted by Crippen LogP contribution is 2.42. The van der Waals surface area contributed by atoms with Crippen LogP contribution in [-0.2, 0) is 11.3 Å². The highest BCUT2D eigenvalue weighted by molar-refractivity contribution is 5.85. The second-order valence-corrected chi connectivity index (χ2v) is 8.45. The Balaban J connectivity index is 0.00000259. The van der Waals surface area contributed by atoms with Crippen LogP contribution in [0.1, 0.15) is 48.3 Å². The number of nitrogens with one attached hydrogen (secondary N) is 2. The molecule has 1 saturated carbocycles. The first kappa shape index (κ1) is 23.1. The molecule has 170 valence electrons. The number of ether oxygens (including phenoxy) is 1. The molecule has 7 nitrogen and oxygen atoms in total. The molecule has 2 fully saturated rings. The Morgan fingerprint density at radius 1 is 1.06 bits per heavy atom. The molecule has 0 atom stereocenters. The number of halogens is 1. The Hall–Kier alpha value is -3.05. The first-order valence-corrected chi connectivity index (χ1v) is 11.2. The van der Waals surface area contributed by atoms with Gasteiger partial charge in [0.1, 0.15) is 11.6 Å². The van der Waals surface area contributed by atoms with Crippen LogP contribution in [-0.4, -0.2) is 34.1 Å². The lowest BCUT2D eigenvalue weighted by atomic mass is 10.1. The molecule has 8 heteroatoms. The van der Waals surface area contributed by atoms with Crippen LogP contribution in [0.15, 0.2) is 48.9 Å². The molecule has 3 aromatic rings. The first-order chi connectivity index (χ1) is 15.8. The van der Waals surface area contributed by atoms with E-state index in [-0.39, 0.29) is 12.4 Å². The zero-order chi connectivity index (χ0) is 21.8. The molecule has 2 N–H and O–H groups in total. The van der Waals surface area contributed by atoms with E-state index in [0.29, 0.717) is 30.0 Å². The minimum Gasteiger partial charge on any atom is -0.373 e. The second kappa shape index (κ2) is 10.7. The summed E-state index contributed by atoms with van der Waals surface area (Å²) in [6, 6.07) is 11.9. The third-order valence-corrected chi connectivity index (χ3v) is 5.90. The Morgan fingerprint density at radius 3 is 2.70 bits per heavy atom. The minimum atomic E-state index is 0. The van der Waals surface area contributed by atoms with Crippen LogP contribution >= 0.6 is 12.4 Å². The van der Waals surface area contributed by atoms with Gasteiger partial charge in [-0.3, -0.25) is 4.98 Å². The quantitative estimate of drug-likeness (QED) is 0.524. The van der Waals surface area contributed by atoms with Gasteiger partial charge in [0.15, 0.2) is 0 Å². The maximum atomic E-state index is 9.16. The Labute approximate surface area is 200 Å². The summed E-state index contributed by atoms with van der Waals surface area (Å²) in [7, 11) is 0. The Kier molecular flexibility index (Phi) is 7.50. The monoisotopic (exact) mass is 462 g/mol. The standard InChI is InChI=1S/C25H26N6O.ClH/c26-13-17-3-8-29-24(10-17)31-25-12-20(19-1-2-19)11-23(30-25)21-9-18(14-28-15-21)16-32-22-4-6-27-7-5-22;/h3,8-12,14-15,19,22,27H,1-2,4-7,16H2,(H,29,30,31);1H. The molecular formula is C25H27ClN6O. The lowest BCUT2D eigenvalue weighted by Gasteiger charge is -2.23. The molecule has 0 spiro atoms. The number of aromatic nitrogens is 3. The van der Waals surface area contributed by atoms with Crippen molar-refractivity contribution in [1.29, 1.82) is 5.26 Å². The summed E-state index contributed by atoms with van der Waals surface area (Å²) in [5, 5.41) is 15.8. The van der Waals surface area contributed by atoms with Gasteiger partial charge >= 0.3 is 0 Å². The van der Waals surface area contributed by atoms with Gasteiger partial charge < -0.3 is 15.4 Å². The van der Waals surface area contributed by atoms with Crippen molar-refractivity contribution in [3.63, 3.8) is 0 Å². The molecule has 0 amide bonds. The van der Waals surface area contributed by atoms with E-state index >= 15 is 0 Å². The van der Waals surface area contributed by atoms with Crippen LogP contribution in [0.25, 0.3) is 11.3 Å². The molecule has 1 aliphatic carbocycles. The van der Waals surface area contributed by atoms with Gasteiger partial charge in [-0.2, -0.15) is 5.26 Å². The number of rotatable bonds is 7. The number of anilines is 2. The fourth-order valence-corrected chi connectivity index (χ4v) is 4.00. The SMILES string of the molecule is Cl.N#Cc1ccnc(Nc2cc(C3CC3)cc(-c3cncc(COC4CCNCC4)c3)n2)c1. The lowest BCUT2D eigenvalue weighted by Crippen LogP contribution is -2.32. The molecule has 1 aliphatic heterocycles. The number of hydrogen-bond acceptors (Lipinski definition) is 7. The molecule has 2 aliphatic rings. The van der Waals surface area contributed by atoms with E-state index < -0.39 is 0 Å². The Morgan fingerprint density at radius 2 is 1.91 bits per heavy atom. The third-order valence-electron chi connectivity index (χ3n) is 5.90. The molecule has 0 bridgehead atoms. The van der Waals surface area contributed by atoms with Crippen molar-refractivity contribution < 1.29 is 4.74 Å². The number of piperidine rings is 1. The number of nitriles is 1. The van der Waals surface area contributed by atoms with Crippen molar-refractivity contribution in [2.75, 3.05) is 18.4 Å². The number of hydrogen-bond donors (Lipinski definition) is 2. The summed E-state index contributed by atoms with van der Waals surface area (Å²) in [6.07, 6.45) is 10.2. The minimum absolute atomic E-state index is 0. The summed E-state index contributed by atoms with van der Waals surface area (Å²) in [5.74, 6) is 1.91. The van der Waals surface area contributed by atoms with Gasteiger partial charge in [-0.05, 0) is 86.1 Å². The van der Waals surface area contributed by atoms with E-state index in [1.807, 2.05) is 12.4 Å². The summed E-state index contributed by atoms with van der Waals surface area (Å²) in [5.41, 5.74) is 4.74. The van der Waals surface area contributed by atoms with Crippen molar-refractivity contribution in [2.24, 2.45) is 0 Å². The van der Waals surface area contributed by atoms with Crippen molar-refractivity contribution in [3.05, 3.63) is 65.6 Å². The molecule has 4 heterocycles. The fourth-order valence-electron chi connectivity index (χ4n) is 4.00. The van der Waals surface area contributed by atoms with E-state index in [4.69, 9.17) is 15.0 Å². The summed E-state index contributed by atoms with van der Waals surface area (Å²) >= 11 is 0. The summed E-state index contributed by atoms with van der Waals surface area (Å²) in [4.78, 5) is 13.6. The molecule has 0 unspecified atom stereocenters. The van der Waals surface area contributed by atoms with Gasteiger partial charge in [-0.1, -0.05) is 0 Å². The van der Waals surface area contributed by atoms with Crippen LogP contribution in [0, 0.1) is 11.3 Å².